The van der Waals surface area contributed by atoms with Crippen molar-refractivity contribution < 1.29 is 0 Å². The molecule has 0 amide bonds. The number of rotatable bonds is 7. The monoisotopic (exact) mass is 290 g/mol. The lowest BCUT2D eigenvalue weighted by Gasteiger charge is -2.11. The van der Waals surface area contributed by atoms with Crippen LogP contribution in [-0.4, -0.2) is 31.6 Å². The first-order chi connectivity index (χ1) is 9.80. The number of guanidine groups is 1. The third-order valence-corrected chi connectivity index (χ3v) is 3.50. The minimum absolute atomic E-state index is 0.667. The molecule has 0 unspecified atom stereocenters. The number of nitrogens with zero attached hydrogens (tertiary/aromatic N) is 2. The van der Waals surface area contributed by atoms with E-state index >= 15 is 0 Å². The molecule has 0 aliphatic carbocycles. The van der Waals surface area contributed by atoms with Crippen LogP contribution in [-0.2, 0) is 6.54 Å². The summed E-state index contributed by atoms with van der Waals surface area (Å²) < 4.78 is 0. The van der Waals surface area contributed by atoms with Crippen LogP contribution in [0.4, 0.5) is 0 Å². The smallest absolute Gasteiger partial charge is 0.191 e. The Morgan fingerprint density at radius 2 is 2.20 bits per heavy atom. The number of aliphatic imine (C=N–C) groups is 1. The third kappa shape index (κ3) is 6.48. The van der Waals surface area contributed by atoms with Gasteiger partial charge in [-0.15, -0.1) is 0 Å². The maximum absolute atomic E-state index is 8.86. The average molecular weight is 290 g/mol. The van der Waals surface area contributed by atoms with Gasteiger partial charge in [0.05, 0.1) is 11.6 Å². The summed E-state index contributed by atoms with van der Waals surface area (Å²) >= 11 is 1.88. The molecule has 1 rings (SSSR count). The van der Waals surface area contributed by atoms with Crippen LogP contribution in [0, 0.1) is 11.3 Å². The van der Waals surface area contributed by atoms with Gasteiger partial charge in [-0.05, 0) is 42.5 Å². The summed E-state index contributed by atoms with van der Waals surface area (Å²) in [6.07, 6.45) is 4.49. The summed E-state index contributed by atoms with van der Waals surface area (Å²) in [5.41, 5.74) is 1.76. The van der Waals surface area contributed by atoms with Crippen LogP contribution in [0.3, 0.4) is 0 Å². The molecule has 1 aromatic carbocycles. The molecule has 0 atom stereocenters. The second-order valence-electron chi connectivity index (χ2n) is 4.36. The van der Waals surface area contributed by atoms with Crippen LogP contribution >= 0.6 is 11.8 Å². The van der Waals surface area contributed by atoms with Gasteiger partial charge in [0, 0.05) is 20.1 Å². The predicted octanol–water partition coefficient (Wildman–Crippen LogP) is 2.37. The third-order valence-electron chi connectivity index (χ3n) is 2.81. The van der Waals surface area contributed by atoms with Gasteiger partial charge in [0.2, 0.25) is 0 Å². The molecule has 0 saturated heterocycles. The first-order valence-electron chi connectivity index (χ1n) is 6.72. The van der Waals surface area contributed by atoms with Crippen molar-refractivity contribution in [3.63, 3.8) is 0 Å². The molecule has 0 fully saturated rings. The first-order valence-corrected chi connectivity index (χ1v) is 8.12. The lowest BCUT2D eigenvalue weighted by atomic mass is 10.1. The summed E-state index contributed by atoms with van der Waals surface area (Å²) in [7, 11) is 1.77. The Bertz CT molecular complexity index is 465. The zero-order chi connectivity index (χ0) is 14.6. The first kappa shape index (κ1) is 16.4. The zero-order valence-electron chi connectivity index (χ0n) is 12.1. The summed E-state index contributed by atoms with van der Waals surface area (Å²) in [6.45, 7) is 1.60. The molecule has 0 aromatic heterocycles. The second-order valence-corrected chi connectivity index (χ2v) is 5.35. The van der Waals surface area contributed by atoms with Crippen molar-refractivity contribution in [3.05, 3.63) is 35.4 Å². The number of nitrogens with one attached hydrogen (secondary N) is 2. The lowest BCUT2D eigenvalue weighted by molar-refractivity contribution is 0.733. The molecule has 0 heterocycles. The van der Waals surface area contributed by atoms with Gasteiger partial charge < -0.3 is 10.6 Å². The highest BCUT2D eigenvalue weighted by molar-refractivity contribution is 7.98. The quantitative estimate of drug-likeness (QED) is 0.460. The van der Waals surface area contributed by atoms with E-state index in [-0.39, 0.29) is 0 Å². The Balaban J connectivity index is 2.32. The average Bonchev–Trinajstić information content (AvgIpc) is 2.50. The Hall–Kier alpha value is -1.67. The Labute approximate surface area is 125 Å². The zero-order valence-corrected chi connectivity index (χ0v) is 13.0. The highest BCUT2D eigenvalue weighted by atomic mass is 32.2. The van der Waals surface area contributed by atoms with Crippen LogP contribution in [0.1, 0.15) is 24.0 Å². The summed E-state index contributed by atoms with van der Waals surface area (Å²) in [5, 5.41) is 15.4. The van der Waals surface area contributed by atoms with Crippen molar-refractivity contribution in [3.8, 4) is 6.07 Å². The van der Waals surface area contributed by atoms with Crippen molar-refractivity contribution in [2.45, 2.75) is 19.4 Å². The molecule has 1 aromatic rings. The topological polar surface area (TPSA) is 60.2 Å². The maximum atomic E-state index is 8.86. The lowest BCUT2D eigenvalue weighted by Crippen LogP contribution is -2.37. The minimum Gasteiger partial charge on any atom is -0.356 e. The number of thioether (sulfide) groups is 1. The number of nitriles is 1. The van der Waals surface area contributed by atoms with Crippen LogP contribution < -0.4 is 10.6 Å². The van der Waals surface area contributed by atoms with Gasteiger partial charge in [0.1, 0.15) is 0 Å². The number of unbranched alkanes of at least 4 members (excludes halogenated alkanes) is 1. The van der Waals surface area contributed by atoms with E-state index in [0.717, 1.165) is 24.5 Å². The largest absolute Gasteiger partial charge is 0.356 e. The molecule has 4 nitrogen and oxygen atoms in total. The van der Waals surface area contributed by atoms with Crippen molar-refractivity contribution >= 4 is 17.7 Å². The number of hydrogen-bond acceptors (Lipinski definition) is 3. The summed E-state index contributed by atoms with van der Waals surface area (Å²) in [6, 6.07) is 9.74. The van der Waals surface area contributed by atoms with E-state index < -0.39 is 0 Å². The summed E-state index contributed by atoms with van der Waals surface area (Å²) in [4.78, 5) is 4.19. The van der Waals surface area contributed by atoms with Crippen LogP contribution in [0.25, 0.3) is 0 Å². The molecule has 0 aliphatic heterocycles. The SMILES string of the molecule is CN=C(NCCCCSC)NCc1cccc(C#N)c1. The summed E-state index contributed by atoms with van der Waals surface area (Å²) in [5.74, 6) is 2.01. The molecular formula is C15H22N4S. The molecule has 0 spiro atoms. The fraction of sp³-hybridized carbons (Fsp3) is 0.467. The van der Waals surface area contributed by atoms with Gasteiger partial charge in [-0.25, -0.2) is 0 Å². The van der Waals surface area contributed by atoms with Crippen molar-refractivity contribution in [2.75, 3.05) is 25.6 Å². The van der Waals surface area contributed by atoms with Gasteiger partial charge in [0.15, 0.2) is 5.96 Å². The van der Waals surface area contributed by atoms with E-state index in [1.165, 1.54) is 12.2 Å². The van der Waals surface area contributed by atoms with Gasteiger partial charge in [-0.1, -0.05) is 12.1 Å². The highest BCUT2D eigenvalue weighted by Gasteiger charge is 1.99. The van der Waals surface area contributed by atoms with Crippen LogP contribution in [0.5, 0.6) is 0 Å². The number of benzene rings is 1. The van der Waals surface area contributed by atoms with Crippen LogP contribution in [0.15, 0.2) is 29.3 Å². The molecular weight excluding hydrogens is 268 g/mol. The number of hydrogen-bond donors (Lipinski definition) is 2. The second kappa shape index (κ2) is 10.2. The molecule has 108 valence electrons. The van der Waals surface area contributed by atoms with E-state index in [4.69, 9.17) is 5.26 Å². The van der Waals surface area contributed by atoms with Gasteiger partial charge in [0.25, 0.3) is 0 Å². The fourth-order valence-electron chi connectivity index (χ4n) is 1.74. The normalized spacial score (nSPS) is 10.9. The predicted molar refractivity (Wildman–Crippen MR) is 87.0 cm³/mol. The highest BCUT2D eigenvalue weighted by Crippen LogP contribution is 2.03. The molecule has 2 N–H and O–H groups in total. The van der Waals surface area contributed by atoms with Gasteiger partial charge in [-0.2, -0.15) is 17.0 Å². The van der Waals surface area contributed by atoms with Gasteiger partial charge >= 0.3 is 0 Å². The van der Waals surface area contributed by atoms with E-state index in [1.807, 2.05) is 36.0 Å². The molecule has 0 aliphatic rings. The van der Waals surface area contributed by atoms with Crippen molar-refractivity contribution in [1.29, 1.82) is 5.26 Å². The molecule has 5 heteroatoms. The minimum atomic E-state index is 0.667. The van der Waals surface area contributed by atoms with E-state index in [1.54, 1.807) is 7.05 Å². The molecule has 0 radical (unpaired) electrons. The standard InChI is InChI=1S/C15H22N4S/c1-17-15(18-8-3-4-9-20-2)19-12-14-7-5-6-13(10-14)11-16/h5-7,10H,3-4,8-9,12H2,1-2H3,(H2,17,18,19). The van der Waals surface area contributed by atoms with Gasteiger partial charge in [-0.3, -0.25) is 4.99 Å². The fourth-order valence-corrected chi connectivity index (χ4v) is 2.23. The van der Waals surface area contributed by atoms with Crippen LogP contribution in [0.2, 0.25) is 0 Å². The molecule has 0 bridgehead atoms. The van der Waals surface area contributed by atoms with E-state index in [0.29, 0.717) is 12.1 Å². The molecule has 0 saturated carbocycles. The van der Waals surface area contributed by atoms with E-state index in [2.05, 4.69) is 28.0 Å². The van der Waals surface area contributed by atoms with Crippen molar-refractivity contribution in [2.24, 2.45) is 4.99 Å². The maximum Gasteiger partial charge on any atom is 0.191 e. The van der Waals surface area contributed by atoms with Crippen molar-refractivity contribution in [1.82, 2.24) is 10.6 Å². The van der Waals surface area contributed by atoms with E-state index in [9.17, 15) is 0 Å². The molecule has 20 heavy (non-hydrogen) atoms. The Morgan fingerprint density at radius 3 is 2.90 bits per heavy atom. The Kier molecular flexibility index (Phi) is 8.32. The Morgan fingerprint density at radius 1 is 1.35 bits per heavy atom.